The van der Waals surface area contributed by atoms with Crippen molar-refractivity contribution in [2.75, 3.05) is 19.8 Å². The molecule has 92 valence electrons. The number of ether oxygens (including phenoxy) is 1. The van der Waals surface area contributed by atoms with E-state index in [0.29, 0.717) is 5.41 Å². The van der Waals surface area contributed by atoms with Gasteiger partial charge in [0, 0.05) is 24.6 Å². The second kappa shape index (κ2) is 4.66. The maximum Gasteiger partial charge on any atom is 0.0535 e. The van der Waals surface area contributed by atoms with Gasteiger partial charge in [-0.1, -0.05) is 25.7 Å². The second-order valence-corrected chi connectivity index (χ2v) is 6.31. The molecule has 1 aliphatic heterocycles. The van der Waals surface area contributed by atoms with Crippen molar-refractivity contribution in [3.63, 3.8) is 0 Å². The zero-order valence-electron chi connectivity index (χ0n) is 10.3. The molecule has 2 saturated carbocycles. The van der Waals surface area contributed by atoms with Crippen molar-refractivity contribution in [1.82, 2.24) is 5.32 Å². The summed E-state index contributed by atoms with van der Waals surface area (Å²) < 4.78 is 5.68. The third-order valence-electron chi connectivity index (χ3n) is 4.72. The van der Waals surface area contributed by atoms with E-state index in [9.17, 15) is 0 Å². The summed E-state index contributed by atoms with van der Waals surface area (Å²) in [4.78, 5) is 0. The minimum absolute atomic E-state index is 0.498. The van der Waals surface area contributed by atoms with Crippen LogP contribution in [0.5, 0.6) is 0 Å². The minimum Gasteiger partial charge on any atom is -0.381 e. The summed E-state index contributed by atoms with van der Waals surface area (Å²) in [6.45, 7) is 3.23. The van der Waals surface area contributed by atoms with Gasteiger partial charge in [-0.05, 0) is 31.6 Å². The number of rotatable bonds is 5. The Labute approximate surface area is 99.1 Å². The molecule has 3 fully saturated rings. The van der Waals surface area contributed by atoms with Gasteiger partial charge in [-0.2, -0.15) is 0 Å². The summed E-state index contributed by atoms with van der Waals surface area (Å²) in [5, 5.41) is 3.73. The van der Waals surface area contributed by atoms with Crippen LogP contribution in [0.4, 0.5) is 0 Å². The lowest BCUT2D eigenvalue weighted by molar-refractivity contribution is 0.130. The lowest BCUT2D eigenvalue weighted by atomic mass is 9.78. The van der Waals surface area contributed by atoms with Crippen molar-refractivity contribution in [3.05, 3.63) is 0 Å². The first kappa shape index (κ1) is 11.0. The van der Waals surface area contributed by atoms with Crippen LogP contribution in [0, 0.1) is 11.3 Å². The molecule has 3 aliphatic rings. The molecule has 0 aromatic rings. The first-order chi connectivity index (χ1) is 7.86. The number of hydrogen-bond donors (Lipinski definition) is 1. The molecule has 1 atom stereocenters. The average molecular weight is 223 g/mol. The van der Waals surface area contributed by atoms with Crippen molar-refractivity contribution in [3.8, 4) is 0 Å². The highest BCUT2D eigenvalue weighted by atomic mass is 16.5. The highest BCUT2D eigenvalue weighted by Crippen LogP contribution is 2.41. The zero-order valence-corrected chi connectivity index (χ0v) is 10.3. The van der Waals surface area contributed by atoms with Crippen molar-refractivity contribution in [2.45, 2.75) is 57.4 Å². The zero-order chi connectivity index (χ0) is 10.8. The van der Waals surface area contributed by atoms with E-state index in [0.717, 1.165) is 25.2 Å². The lowest BCUT2D eigenvalue weighted by Gasteiger charge is -2.30. The summed E-state index contributed by atoms with van der Waals surface area (Å²) in [6, 6.07) is 0.848. The van der Waals surface area contributed by atoms with Crippen LogP contribution >= 0.6 is 0 Å². The third kappa shape index (κ3) is 2.60. The van der Waals surface area contributed by atoms with Crippen molar-refractivity contribution < 1.29 is 4.74 Å². The SMILES string of the molecule is C1CCC(CC2(CNC3CC3)CCOC2)C1. The maximum absolute atomic E-state index is 5.68. The van der Waals surface area contributed by atoms with Crippen molar-refractivity contribution in [2.24, 2.45) is 11.3 Å². The Balaban J connectivity index is 1.54. The van der Waals surface area contributed by atoms with Gasteiger partial charge in [0.15, 0.2) is 0 Å². The van der Waals surface area contributed by atoms with Crippen molar-refractivity contribution >= 4 is 0 Å². The van der Waals surface area contributed by atoms with Gasteiger partial charge in [-0.3, -0.25) is 0 Å². The van der Waals surface area contributed by atoms with E-state index in [4.69, 9.17) is 4.74 Å². The normalized spacial score (nSPS) is 36.0. The molecule has 2 nitrogen and oxygen atoms in total. The van der Waals surface area contributed by atoms with Crippen LogP contribution in [0.1, 0.15) is 51.4 Å². The highest BCUT2D eigenvalue weighted by Gasteiger charge is 2.38. The molecule has 1 saturated heterocycles. The first-order valence-electron chi connectivity index (χ1n) is 7.18. The summed E-state index contributed by atoms with van der Waals surface area (Å²) >= 11 is 0. The molecule has 1 unspecified atom stereocenters. The smallest absolute Gasteiger partial charge is 0.0535 e. The summed E-state index contributed by atoms with van der Waals surface area (Å²) in [6.07, 6.45) is 11.4. The fourth-order valence-electron chi connectivity index (χ4n) is 3.50. The van der Waals surface area contributed by atoms with E-state index < -0.39 is 0 Å². The van der Waals surface area contributed by atoms with Gasteiger partial charge >= 0.3 is 0 Å². The van der Waals surface area contributed by atoms with E-state index in [1.165, 1.54) is 57.9 Å². The van der Waals surface area contributed by atoms with Crippen molar-refractivity contribution in [1.29, 1.82) is 0 Å². The quantitative estimate of drug-likeness (QED) is 0.774. The molecular weight excluding hydrogens is 198 g/mol. The number of nitrogens with one attached hydrogen (secondary N) is 1. The van der Waals surface area contributed by atoms with Crippen LogP contribution in [-0.2, 0) is 4.74 Å². The number of hydrogen-bond acceptors (Lipinski definition) is 2. The second-order valence-electron chi connectivity index (χ2n) is 6.31. The molecule has 0 bridgehead atoms. The Morgan fingerprint density at radius 1 is 1.12 bits per heavy atom. The lowest BCUT2D eigenvalue weighted by Crippen LogP contribution is -2.37. The Morgan fingerprint density at radius 2 is 1.94 bits per heavy atom. The molecular formula is C14H25NO. The summed E-state index contributed by atoms with van der Waals surface area (Å²) in [5.41, 5.74) is 0.498. The minimum atomic E-state index is 0.498. The molecule has 16 heavy (non-hydrogen) atoms. The predicted molar refractivity (Wildman–Crippen MR) is 65.5 cm³/mol. The van der Waals surface area contributed by atoms with Crippen LogP contribution in [0.2, 0.25) is 0 Å². The first-order valence-corrected chi connectivity index (χ1v) is 7.18. The van der Waals surface area contributed by atoms with Gasteiger partial charge in [0.2, 0.25) is 0 Å². The Bertz CT molecular complexity index is 225. The topological polar surface area (TPSA) is 21.3 Å². The van der Waals surface area contributed by atoms with E-state index in [2.05, 4.69) is 5.32 Å². The van der Waals surface area contributed by atoms with Crippen LogP contribution < -0.4 is 5.32 Å². The molecule has 0 amide bonds. The Morgan fingerprint density at radius 3 is 2.56 bits per heavy atom. The van der Waals surface area contributed by atoms with Crippen LogP contribution in [0.25, 0.3) is 0 Å². The van der Waals surface area contributed by atoms with Gasteiger partial charge in [-0.15, -0.1) is 0 Å². The fraction of sp³-hybridized carbons (Fsp3) is 1.00. The molecule has 2 heteroatoms. The molecule has 2 aliphatic carbocycles. The average Bonchev–Trinajstić information content (AvgIpc) is 2.78. The molecule has 0 aromatic carbocycles. The van der Waals surface area contributed by atoms with E-state index in [1.807, 2.05) is 0 Å². The molecule has 1 N–H and O–H groups in total. The predicted octanol–water partition coefficient (Wildman–Crippen LogP) is 2.73. The van der Waals surface area contributed by atoms with E-state index >= 15 is 0 Å². The van der Waals surface area contributed by atoms with Gasteiger partial charge in [-0.25, -0.2) is 0 Å². The molecule has 0 radical (unpaired) electrons. The van der Waals surface area contributed by atoms with Gasteiger partial charge in [0.05, 0.1) is 6.61 Å². The standard InChI is InChI=1S/C14H25NO/c1-2-4-12(3-1)9-14(7-8-16-11-14)10-15-13-5-6-13/h12-13,15H,1-11H2. The fourth-order valence-corrected chi connectivity index (χ4v) is 3.50. The van der Waals surface area contributed by atoms with E-state index in [1.54, 1.807) is 0 Å². The maximum atomic E-state index is 5.68. The van der Waals surface area contributed by atoms with Gasteiger partial charge in [0.25, 0.3) is 0 Å². The van der Waals surface area contributed by atoms with Crippen LogP contribution in [-0.4, -0.2) is 25.8 Å². The molecule has 0 aromatic heterocycles. The Kier molecular flexibility index (Phi) is 3.21. The molecule has 1 heterocycles. The summed E-state index contributed by atoms with van der Waals surface area (Å²) in [5.74, 6) is 1.00. The third-order valence-corrected chi connectivity index (χ3v) is 4.72. The molecule has 3 rings (SSSR count). The van der Waals surface area contributed by atoms with Crippen LogP contribution in [0.3, 0.4) is 0 Å². The van der Waals surface area contributed by atoms with Gasteiger partial charge in [0.1, 0.15) is 0 Å². The van der Waals surface area contributed by atoms with Gasteiger partial charge < -0.3 is 10.1 Å². The van der Waals surface area contributed by atoms with E-state index in [-0.39, 0.29) is 0 Å². The Hall–Kier alpha value is -0.0800. The summed E-state index contributed by atoms with van der Waals surface area (Å²) in [7, 11) is 0. The highest BCUT2D eigenvalue weighted by molar-refractivity contribution is 4.92. The van der Waals surface area contributed by atoms with Crippen LogP contribution in [0.15, 0.2) is 0 Å². The molecule has 0 spiro atoms. The largest absolute Gasteiger partial charge is 0.381 e. The monoisotopic (exact) mass is 223 g/mol.